The van der Waals surface area contributed by atoms with Crippen LogP contribution in [-0.4, -0.2) is 36.1 Å². The minimum absolute atomic E-state index is 0.698. The van der Waals surface area contributed by atoms with Crippen LogP contribution in [0, 0.1) is 18.8 Å². The van der Waals surface area contributed by atoms with Crippen LogP contribution in [0.2, 0.25) is 5.02 Å². The second kappa shape index (κ2) is 10.3. The van der Waals surface area contributed by atoms with Crippen molar-refractivity contribution in [1.29, 1.82) is 0 Å². The van der Waals surface area contributed by atoms with Crippen LogP contribution in [0.5, 0.6) is 5.75 Å². The van der Waals surface area contributed by atoms with Crippen molar-refractivity contribution in [3.8, 4) is 28.7 Å². The lowest BCUT2D eigenvalue weighted by atomic mass is 10.1. The van der Waals surface area contributed by atoms with E-state index in [1.54, 1.807) is 0 Å². The smallest absolute Gasteiger partial charge is 0.122 e. The minimum atomic E-state index is 0.698. The Morgan fingerprint density at radius 3 is 2.55 bits per heavy atom. The van der Waals surface area contributed by atoms with Gasteiger partial charge in [-0.2, -0.15) is 0 Å². The largest absolute Gasteiger partial charge is 0.492 e. The van der Waals surface area contributed by atoms with Crippen molar-refractivity contribution in [2.45, 2.75) is 13.3 Å². The van der Waals surface area contributed by atoms with E-state index in [0.29, 0.717) is 6.61 Å². The predicted molar refractivity (Wildman–Crippen MR) is 128 cm³/mol. The molecule has 0 bridgehead atoms. The summed E-state index contributed by atoms with van der Waals surface area (Å²) in [6.45, 7) is 5.84. The molecule has 0 amide bonds. The number of rotatable bonds is 5. The molecule has 4 rings (SSSR count). The molecule has 1 aliphatic heterocycles. The van der Waals surface area contributed by atoms with Gasteiger partial charge in [-0.1, -0.05) is 47.9 Å². The summed E-state index contributed by atoms with van der Waals surface area (Å²) < 4.78 is 5.99. The van der Waals surface area contributed by atoms with Crippen molar-refractivity contribution in [2.24, 2.45) is 0 Å². The van der Waals surface area contributed by atoms with Gasteiger partial charge < -0.3 is 4.74 Å². The van der Waals surface area contributed by atoms with E-state index in [4.69, 9.17) is 16.3 Å². The SMILES string of the molecule is Cc1cc(C#Cc2ccc(-c3ccc(Cl)cc3)cn2)ccc1OCCN1CC=CCC1. The monoisotopic (exact) mass is 428 g/mol. The van der Waals surface area contributed by atoms with Gasteiger partial charge in [0.25, 0.3) is 0 Å². The van der Waals surface area contributed by atoms with Crippen LogP contribution in [0.25, 0.3) is 11.1 Å². The number of benzene rings is 2. The summed E-state index contributed by atoms with van der Waals surface area (Å²) in [4.78, 5) is 6.88. The third-order valence-electron chi connectivity index (χ3n) is 5.26. The van der Waals surface area contributed by atoms with E-state index in [1.807, 2.05) is 54.7 Å². The summed E-state index contributed by atoms with van der Waals surface area (Å²) in [7, 11) is 0. The Morgan fingerprint density at radius 2 is 1.84 bits per heavy atom. The molecule has 156 valence electrons. The summed E-state index contributed by atoms with van der Waals surface area (Å²) in [6, 6.07) is 17.8. The first-order valence-electron chi connectivity index (χ1n) is 10.5. The average Bonchev–Trinajstić information content (AvgIpc) is 2.81. The third-order valence-corrected chi connectivity index (χ3v) is 5.51. The number of nitrogens with zero attached hydrogens (tertiary/aromatic N) is 2. The van der Waals surface area contributed by atoms with Crippen LogP contribution in [-0.2, 0) is 0 Å². The molecular weight excluding hydrogens is 404 g/mol. The third kappa shape index (κ3) is 5.98. The minimum Gasteiger partial charge on any atom is -0.492 e. The zero-order valence-electron chi connectivity index (χ0n) is 17.6. The molecule has 3 aromatic rings. The highest BCUT2D eigenvalue weighted by Crippen LogP contribution is 2.21. The van der Waals surface area contributed by atoms with Gasteiger partial charge in [0.2, 0.25) is 0 Å². The first kappa shape index (κ1) is 21.2. The summed E-state index contributed by atoms with van der Waals surface area (Å²) in [5, 5.41) is 0.727. The molecule has 0 fully saturated rings. The lowest BCUT2D eigenvalue weighted by Crippen LogP contribution is -2.31. The number of aryl methyl sites for hydroxylation is 1. The lowest BCUT2D eigenvalue weighted by Gasteiger charge is -2.23. The molecule has 0 spiro atoms. The number of pyridine rings is 1. The Balaban J connectivity index is 1.35. The first-order chi connectivity index (χ1) is 15.2. The summed E-state index contributed by atoms with van der Waals surface area (Å²) in [6.07, 6.45) is 7.44. The molecule has 1 aromatic heterocycles. The summed E-state index contributed by atoms with van der Waals surface area (Å²) in [5.41, 5.74) is 4.91. The van der Waals surface area contributed by atoms with E-state index < -0.39 is 0 Å². The van der Waals surface area contributed by atoms with Gasteiger partial charge >= 0.3 is 0 Å². The maximum atomic E-state index is 5.99. The van der Waals surface area contributed by atoms with E-state index in [2.05, 4.69) is 46.9 Å². The van der Waals surface area contributed by atoms with E-state index >= 15 is 0 Å². The maximum absolute atomic E-state index is 5.99. The predicted octanol–water partition coefficient (Wildman–Crippen LogP) is 5.75. The molecule has 0 saturated carbocycles. The van der Waals surface area contributed by atoms with Gasteiger partial charge in [-0.25, -0.2) is 4.98 Å². The van der Waals surface area contributed by atoms with E-state index in [-0.39, 0.29) is 0 Å². The van der Waals surface area contributed by atoms with Crippen molar-refractivity contribution in [3.63, 3.8) is 0 Å². The number of hydrogen-bond donors (Lipinski definition) is 0. The van der Waals surface area contributed by atoms with Crippen molar-refractivity contribution >= 4 is 11.6 Å². The number of ether oxygens (including phenoxy) is 1. The van der Waals surface area contributed by atoms with Crippen LogP contribution in [0.1, 0.15) is 23.2 Å². The zero-order valence-corrected chi connectivity index (χ0v) is 18.4. The second-order valence-corrected chi connectivity index (χ2v) is 8.01. The molecule has 0 saturated heterocycles. The molecule has 2 heterocycles. The van der Waals surface area contributed by atoms with Crippen LogP contribution in [0.3, 0.4) is 0 Å². The van der Waals surface area contributed by atoms with E-state index in [9.17, 15) is 0 Å². The summed E-state index contributed by atoms with van der Waals surface area (Å²) >= 11 is 5.96. The van der Waals surface area contributed by atoms with Crippen LogP contribution in [0.4, 0.5) is 0 Å². The fourth-order valence-electron chi connectivity index (χ4n) is 3.48. The molecule has 0 aliphatic carbocycles. The number of aromatic nitrogens is 1. The number of hydrogen-bond acceptors (Lipinski definition) is 3. The quantitative estimate of drug-likeness (QED) is 0.382. The van der Waals surface area contributed by atoms with Crippen molar-refractivity contribution in [3.05, 3.63) is 94.8 Å². The van der Waals surface area contributed by atoms with Crippen LogP contribution >= 0.6 is 11.6 Å². The van der Waals surface area contributed by atoms with Crippen molar-refractivity contribution in [1.82, 2.24) is 9.88 Å². The van der Waals surface area contributed by atoms with Gasteiger partial charge in [-0.3, -0.25) is 4.90 Å². The molecule has 0 radical (unpaired) electrons. The highest BCUT2D eigenvalue weighted by atomic mass is 35.5. The van der Waals surface area contributed by atoms with E-state index in [0.717, 1.165) is 64.8 Å². The highest BCUT2D eigenvalue weighted by Gasteiger charge is 2.07. The fraction of sp³-hybridized carbons (Fsp3) is 0.222. The highest BCUT2D eigenvalue weighted by molar-refractivity contribution is 6.30. The molecule has 0 N–H and O–H groups in total. The van der Waals surface area contributed by atoms with Crippen LogP contribution < -0.4 is 4.74 Å². The number of halogens is 1. The van der Waals surface area contributed by atoms with Gasteiger partial charge in [0.05, 0.1) is 0 Å². The Labute approximate surface area is 189 Å². The molecule has 1 aliphatic rings. The standard InChI is InChI=1S/C27H25ClN2O/c1-21-19-22(6-14-27(21)31-18-17-30-15-3-2-4-16-30)5-12-26-13-9-24(20-29-26)23-7-10-25(28)11-8-23/h2-3,6-11,13-14,19-20H,4,15-18H2,1H3. The zero-order chi connectivity index (χ0) is 21.5. The second-order valence-electron chi connectivity index (χ2n) is 7.58. The van der Waals surface area contributed by atoms with Gasteiger partial charge in [0, 0.05) is 42.0 Å². The topological polar surface area (TPSA) is 25.4 Å². The van der Waals surface area contributed by atoms with Crippen molar-refractivity contribution in [2.75, 3.05) is 26.2 Å². The molecule has 0 atom stereocenters. The fourth-order valence-corrected chi connectivity index (χ4v) is 3.61. The molecular formula is C27H25ClN2O. The summed E-state index contributed by atoms with van der Waals surface area (Å²) in [5.74, 6) is 7.27. The van der Waals surface area contributed by atoms with Crippen molar-refractivity contribution < 1.29 is 4.74 Å². The average molecular weight is 429 g/mol. The van der Waals surface area contributed by atoms with Gasteiger partial charge in [-0.05, 0) is 66.8 Å². The Hall–Kier alpha value is -3.06. The Kier molecular flexibility index (Phi) is 7.04. The maximum Gasteiger partial charge on any atom is 0.122 e. The molecule has 0 unspecified atom stereocenters. The first-order valence-corrected chi connectivity index (χ1v) is 10.9. The normalized spacial score (nSPS) is 13.5. The van der Waals surface area contributed by atoms with E-state index in [1.165, 1.54) is 0 Å². The molecule has 31 heavy (non-hydrogen) atoms. The Bertz CT molecular complexity index is 1110. The van der Waals surface area contributed by atoms with Crippen LogP contribution in [0.15, 0.2) is 72.9 Å². The van der Waals surface area contributed by atoms with Gasteiger partial charge in [0.15, 0.2) is 0 Å². The Morgan fingerprint density at radius 1 is 1.00 bits per heavy atom. The van der Waals surface area contributed by atoms with Gasteiger partial charge in [0.1, 0.15) is 18.1 Å². The molecule has 3 nitrogen and oxygen atoms in total. The molecule has 2 aromatic carbocycles. The lowest BCUT2D eigenvalue weighted by molar-refractivity contribution is 0.220. The molecule has 4 heteroatoms. The van der Waals surface area contributed by atoms with Gasteiger partial charge in [-0.15, -0.1) is 0 Å².